The molecule has 0 aliphatic carbocycles. The van der Waals surface area contributed by atoms with Crippen LogP contribution >= 0.6 is 0 Å². The van der Waals surface area contributed by atoms with Crippen LogP contribution in [0.4, 0.5) is 24.8 Å². The number of hydrogen-bond acceptors (Lipinski definition) is 7. The summed E-state index contributed by atoms with van der Waals surface area (Å²) in [5.41, 5.74) is 2.04. The average molecular weight is 488 g/mol. The lowest BCUT2D eigenvalue weighted by Gasteiger charge is -2.31. The molecular weight excluding hydrogens is 459 g/mol. The second-order valence-corrected chi connectivity index (χ2v) is 9.27. The molecule has 35 heavy (non-hydrogen) atoms. The normalized spacial score (nSPS) is 22.7. The minimum Gasteiger partial charge on any atom is -0.378 e. The number of alkyl halides is 2. The van der Waals surface area contributed by atoms with Gasteiger partial charge in [0, 0.05) is 45.0 Å². The third-order valence-electron chi connectivity index (χ3n) is 6.52. The zero-order chi connectivity index (χ0) is 24.4. The molecule has 0 spiro atoms. The molecule has 0 radical (unpaired) electrons. The standard InChI is InChI=1S/C24H28F3N7O/c1-15-10-16(4-9-35-15)22-29-13-20(32-22)21-19(25)12-30-23(33-21)31-17-2-3-18(28-11-17)14-34-7-5-24(26,27)6-8-34/h2-3,11-13,15-16H,4-10,14H2,1H3,(H,29,32)(H,30,31,33). The zero-order valence-corrected chi connectivity index (χ0v) is 19.5. The molecule has 11 heteroatoms. The van der Waals surface area contributed by atoms with E-state index >= 15 is 0 Å². The summed E-state index contributed by atoms with van der Waals surface area (Å²) in [4.78, 5) is 22.4. The predicted molar refractivity (Wildman–Crippen MR) is 124 cm³/mol. The van der Waals surface area contributed by atoms with Crippen molar-refractivity contribution in [3.8, 4) is 11.4 Å². The molecule has 0 aromatic carbocycles. The van der Waals surface area contributed by atoms with Gasteiger partial charge in [-0.05, 0) is 31.9 Å². The molecule has 2 saturated heterocycles. The number of nitrogens with zero attached hydrogens (tertiary/aromatic N) is 5. The number of hydrogen-bond donors (Lipinski definition) is 2. The van der Waals surface area contributed by atoms with E-state index in [1.165, 1.54) is 0 Å². The van der Waals surface area contributed by atoms with Crippen LogP contribution < -0.4 is 5.32 Å². The summed E-state index contributed by atoms with van der Waals surface area (Å²) in [5, 5.41) is 3.04. The van der Waals surface area contributed by atoms with E-state index in [0.29, 0.717) is 37.6 Å². The van der Waals surface area contributed by atoms with E-state index in [4.69, 9.17) is 4.74 Å². The maximum Gasteiger partial charge on any atom is 0.250 e. The summed E-state index contributed by atoms with van der Waals surface area (Å²) in [5.74, 6) is -1.84. The van der Waals surface area contributed by atoms with Crippen LogP contribution in [0.1, 0.15) is 50.0 Å². The SMILES string of the molecule is CC1CC(c2ncc(-c3nc(Nc4ccc(CN5CCC(F)(F)CC5)nc4)ncc3F)[nH]2)CCO1. The maximum absolute atomic E-state index is 14.5. The highest BCUT2D eigenvalue weighted by atomic mass is 19.3. The fourth-order valence-electron chi connectivity index (χ4n) is 4.52. The van der Waals surface area contributed by atoms with Crippen LogP contribution in [-0.2, 0) is 11.3 Å². The predicted octanol–water partition coefficient (Wildman–Crippen LogP) is 4.66. The fraction of sp³-hybridized carbons (Fsp3) is 0.500. The van der Waals surface area contributed by atoms with Gasteiger partial charge in [-0.25, -0.2) is 28.1 Å². The zero-order valence-electron chi connectivity index (χ0n) is 19.5. The van der Waals surface area contributed by atoms with Gasteiger partial charge in [-0.3, -0.25) is 9.88 Å². The van der Waals surface area contributed by atoms with Gasteiger partial charge in [-0.2, -0.15) is 0 Å². The Hall–Kier alpha value is -3.05. The van der Waals surface area contributed by atoms with Gasteiger partial charge in [-0.1, -0.05) is 0 Å². The Morgan fingerprint density at radius 1 is 1.14 bits per heavy atom. The number of aromatic amines is 1. The first-order valence-corrected chi connectivity index (χ1v) is 11.9. The number of imidazole rings is 1. The Morgan fingerprint density at radius 2 is 1.97 bits per heavy atom. The maximum atomic E-state index is 14.5. The lowest BCUT2D eigenvalue weighted by molar-refractivity contribution is -0.0568. The van der Waals surface area contributed by atoms with Gasteiger partial charge < -0.3 is 15.0 Å². The molecule has 2 aliphatic heterocycles. The Labute approximate surface area is 201 Å². The molecule has 3 aromatic rings. The average Bonchev–Trinajstić information content (AvgIpc) is 3.33. The largest absolute Gasteiger partial charge is 0.378 e. The van der Waals surface area contributed by atoms with Crippen LogP contribution in [0.5, 0.6) is 0 Å². The molecule has 0 bridgehead atoms. The number of ether oxygens (including phenoxy) is 1. The molecule has 3 aromatic heterocycles. The van der Waals surface area contributed by atoms with Crippen molar-refractivity contribution in [2.24, 2.45) is 0 Å². The molecule has 186 valence electrons. The molecule has 2 fully saturated rings. The molecule has 2 N–H and O–H groups in total. The minimum atomic E-state index is -2.56. The first-order chi connectivity index (χ1) is 16.8. The number of piperidine rings is 1. The van der Waals surface area contributed by atoms with E-state index in [0.717, 1.165) is 30.6 Å². The Kier molecular flexibility index (Phi) is 6.70. The highest BCUT2D eigenvalue weighted by molar-refractivity contribution is 5.59. The molecule has 5 rings (SSSR count). The van der Waals surface area contributed by atoms with E-state index in [-0.39, 0.29) is 36.5 Å². The Bertz CT molecular complexity index is 1140. The topological polar surface area (TPSA) is 91.9 Å². The van der Waals surface area contributed by atoms with Crippen molar-refractivity contribution in [1.29, 1.82) is 0 Å². The van der Waals surface area contributed by atoms with Crippen LogP contribution in [-0.4, -0.2) is 61.5 Å². The molecule has 2 atom stereocenters. The lowest BCUT2D eigenvalue weighted by Crippen LogP contribution is -2.38. The van der Waals surface area contributed by atoms with Gasteiger partial charge in [0.15, 0.2) is 5.82 Å². The van der Waals surface area contributed by atoms with E-state index in [1.54, 1.807) is 12.4 Å². The van der Waals surface area contributed by atoms with Crippen molar-refractivity contribution in [1.82, 2.24) is 29.8 Å². The summed E-state index contributed by atoms with van der Waals surface area (Å²) >= 11 is 0. The highest BCUT2D eigenvalue weighted by Gasteiger charge is 2.33. The second-order valence-electron chi connectivity index (χ2n) is 9.27. The molecule has 2 aliphatic rings. The number of likely N-dealkylation sites (tertiary alicyclic amines) is 1. The van der Waals surface area contributed by atoms with Crippen molar-refractivity contribution < 1.29 is 17.9 Å². The number of rotatable bonds is 6. The Morgan fingerprint density at radius 3 is 2.71 bits per heavy atom. The molecule has 8 nitrogen and oxygen atoms in total. The third kappa shape index (κ3) is 5.79. The van der Waals surface area contributed by atoms with E-state index in [1.807, 2.05) is 24.0 Å². The molecule has 2 unspecified atom stereocenters. The van der Waals surface area contributed by atoms with Crippen molar-refractivity contribution in [2.45, 2.75) is 57.1 Å². The molecule has 0 saturated carbocycles. The van der Waals surface area contributed by atoms with Gasteiger partial charge in [0.1, 0.15) is 11.5 Å². The summed E-state index contributed by atoms with van der Waals surface area (Å²) in [6, 6.07) is 3.64. The number of anilines is 2. The quantitative estimate of drug-likeness (QED) is 0.523. The lowest BCUT2D eigenvalue weighted by atomic mass is 9.96. The first-order valence-electron chi connectivity index (χ1n) is 11.9. The monoisotopic (exact) mass is 487 g/mol. The van der Waals surface area contributed by atoms with Crippen LogP contribution in [0.15, 0.2) is 30.7 Å². The van der Waals surface area contributed by atoms with Crippen molar-refractivity contribution in [3.05, 3.63) is 48.1 Å². The number of H-pyrrole nitrogens is 1. The smallest absolute Gasteiger partial charge is 0.250 e. The van der Waals surface area contributed by atoms with Gasteiger partial charge in [0.05, 0.1) is 41.8 Å². The molecule has 5 heterocycles. The number of halogens is 3. The van der Waals surface area contributed by atoms with Gasteiger partial charge >= 0.3 is 0 Å². The summed E-state index contributed by atoms with van der Waals surface area (Å²) in [6.07, 6.45) is 5.99. The van der Waals surface area contributed by atoms with Crippen LogP contribution in [0, 0.1) is 5.82 Å². The van der Waals surface area contributed by atoms with E-state index in [2.05, 4.69) is 30.2 Å². The van der Waals surface area contributed by atoms with Gasteiger partial charge in [-0.15, -0.1) is 0 Å². The number of aromatic nitrogens is 5. The summed E-state index contributed by atoms with van der Waals surface area (Å²) in [6.45, 7) is 3.93. The number of nitrogens with one attached hydrogen (secondary N) is 2. The summed E-state index contributed by atoms with van der Waals surface area (Å²) in [7, 11) is 0. The fourth-order valence-corrected chi connectivity index (χ4v) is 4.52. The van der Waals surface area contributed by atoms with E-state index in [9.17, 15) is 13.2 Å². The van der Waals surface area contributed by atoms with Crippen LogP contribution in [0.25, 0.3) is 11.4 Å². The van der Waals surface area contributed by atoms with Crippen LogP contribution in [0.2, 0.25) is 0 Å². The highest BCUT2D eigenvalue weighted by Crippen LogP contribution is 2.30. The molecule has 0 amide bonds. The second kappa shape index (κ2) is 9.90. The Balaban J connectivity index is 1.24. The van der Waals surface area contributed by atoms with Crippen molar-refractivity contribution >= 4 is 11.6 Å². The van der Waals surface area contributed by atoms with Crippen LogP contribution in [0.3, 0.4) is 0 Å². The molecular formula is C24H28F3N7O. The van der Waals surface area contributed by atoms with Gasteiger partial charge in [0.25, 0.3) is 5.92 Å². The van der Waals surface area contributed by atoms with Crippen molar-refractivity contribution in [3.63, 3.8) is 0 Å². The van der Waals surface area contributed by atoms with Crippen molar-refractivity contribution in [2.75, 3.05) is 25.0 Å². The number of pyridine rings is 1. The summed E-state index contributed by atoms with van der Waals surface area (Å²) < 4.78 is 46.8. The van der Waals surface area contributed by atoms with E-state index < -0.39 is 11.7 Å². The minimum absolute atomic E-state index is 0.122. The third-order valence-corrected chi connectivity index (χ3v) is 6.52. The van der Waals surface area contributed by atoms with Gasteiger partial charge in [0.2, 0.25) is 5.95 Å². The first kappa shape index (κ1) is 23.7.